The molecule has 2 atom stereocenters. The lowest BCUT2D eigenvalue weighted by molar-refractivity contribution is 0.368. The molecule has 2 unspecified atom stereocenters. The Morgan fingerprint density at radius 2 is 2.11 bits per heavy atom. The Balaban J connectivity index is 2.11. The largest absolute Gasteiger partial charge is 0.319 e. The van der Waals surface area contributed by atoms with Crippen molar-refractivity contribution in [3.8, 4) is 0 Å². The van der Waals surface area contributed by atoms with Gasteiger partial charge in [0.1, 0.15) is 0 Å². The number of halogens is 1. The summed E-state index contributed by atoms with van der Waals surface area (Å²) in [5.74, 6) is 1.56. The van der Waals surface area contributed by atoms with Gasteiger partial charge in [0.15, 0.2) is 0 Å². The number of hydrogen-bond acceptors (Lipinski definition) is 2. The van der Waals surface area contributed by atoms with Crippen LogP contribution in [0, 0.1) is 11.8 Å². The van der Waals surface area contributed by atoms with Crippen molar-refractivity contribution in [3.05, 3.63) is 16.4 Å². The van der Waals surface area contributed by atoms with E-state index in [2.05, 4.69) is 17.3 Å². The van der Waals surface area contributed by atoms with Gasteiger partial charge in [-0.15, -0.1) is 0 Å². The molecule has 2 rings (SSSR count). The van der Waals surface area contributed by atoms with E-state index in [1.54, 1.807) is 0 Å². The summed E-state index contributed by atoms with van der Waals surface area (Å²) in [5.41, 5.74) is 2.26. The number of nitrogens with zero attached hydrogens (tertiary/aromatic N) is 2. The van der Waals surface area contributed by atoms with E-state index < -0.39 is 0 Å². The monoisotopic (exact) mass is 269 g/mol. The molecule has 18 heavy (non-hydrogen) atoms. The molecule has 1 fully saturated rings. The van der Waals surface area contributed by atoms with Crippen LogP contribution < -0.4 is 5.32 Å². The van der Waals surface area contributed by atoms with Gasteiger partial charge in [-0.05, 0) is 51.1 Å². The van der Waals surface area contributed by atoms with Crippen molar-refractivity contribution >= 4 is 11.6 Å². The van der Waals surface area contributed by atoms with E-state index in [1.807, 2.05) is 18.8 Å². The Morgan fingerprint density at radius 1 is 1.39 bits per heavy atom. The Morgan fingerprint density at radius 3 is 2.72 bits per heavy atom. The molecular weight excluding hydrogens is 246 g/mol. The van der Waals surface area contributed by atoms with Crippen LogP contribution in [-0.4, -0.2) is 23.4 Å². The second-order valence-corrected chi connectivity index (χ2v) is 5.78. The van der Waals surface area contributed by atoms with Crippen LogP contribution >= 0.6 is 11.6 Å². The molecule has 0 radical (unpaired) electrons. The zero-order chi connectivity index (χ0) is 13.1. The average Bonchev–Trinajstić information content (AvgIpc) is 2.89. The number of hydrogen-bond donors (Lipinski definition) is 1. The molecule has 1 heterocycles. The van der Waals surface area contributed by atoms with E-state index in [0.29, 0.717) is 0 Å². The van der Waals surface area contributed by atoms with Gasteiger partial charge >= 0.3 is 0 Å². The molecule has 102 valence electrons. The quantitative estimate of drug-likeness (QED) is 0.891. The predicted molar refractivity (Wildman–Crippen MR) is 76.1 cm³/mol. The van der Waals surface area contributed by atoms with Gasteiger partial charge in [0.25, 0.3) is 0 Å². The van der Waals surface area contributed by atoms with Crippen molar-refractivity contribution < 1.29 is 0 Å². The number of nitrogens with one attached hydrogen (secondary N) is 1. The maximum atomic E-state index is 6.43. The van der Waals surface area contributed by atoms with E-state index in [4.69, 9.17) is 11.6 Å². The normalized spacial score (nSPS) is 23.8. The summed E-state index contributed by atoms with van der Waals surface area (Å²) in [6, 6.07) is 0. The minimum atomic E-state index is 0.759. The van der Waals surface area contributed by atoms with Crippen molar-refractivity contribution in [1.82, 2.24) is 15.1 Å². The second-order valence-electron chi connectivity index (χ2n) is 5.40. The molecule has 0 aromatic carbocycles. The van der Waals surface area contributed by atoms with Crippen LogP contribution in [-0.2, 0) is 19.9 Å². The Labute approximate surface area is 115 Å². The van der Waals surface area contributed by atoms with Gasteiger partial charge in [0.05, 0.1) is 16.4 Å². The molecule has 0 aliphatic heterocycles. The third-order valence-electron chi connectivity index (χ3n) is 4.24. The first-order chi connectivity index (χ1) is 8.67. The molecule has 1 aliphatic rings. The lowest BCUT2D eigenvalue weighted by Crippen LogP contribution is -2.23. The molecule has 1 aromatic rings. The highest BCUT2D eigenvalue weighted by molar-refractivity contribution is 6.31. The first-order valence-corrected chi connectivity index (χ1v) is 7.40. The van der Waals surface area contributed by atoms with E-state index in [-0.39, 0.29) is 0 Å². The highest BCUT2D eigenvalue weighted by Gasteiger charge is 2.28. The maximum Gasteiger partial charge on any atom is 0.0849 e. The first-order valence-electron chi connectivity index (χ1n) is 7.02. The molecule has 0 bridgehead atoms. The summed E-state index contributed by atoms with van der Waals surface area (Å²) in [6.45, 7) is 3.23. The molecule has 3 nitrogen and oxygen atoms in total. The van der Waals surface area contributed by atoms with Gasteiger partial charge in [-0.25, -0.2) is 0 Å². The van der Waals surface area contributed by atoms with Crippen LogP contribution in [0.15, 0.2) is 0 Å². The van der Waals surface area contributed by atoms with Crippen molar-refractivity contribution in [2.45, 2.75) is 39.0 Å². The van der Waals surface area contributed by atoms with Gasteiger partial charge < -0.3 is 5.32 Å². The van der Waals surface area contributed by atoms with E-state index in [0.717, 1.165) is 41.9 Å². The molecule has 0 amide bonds. The number of aryl methyl sites for hydroxylation is 2. The highest BCUT2D eigenvalue weighted by atomic mass is 35.5. The van der Waals surface area contributed by atoms with Crippen LogP contribution in [0.3, 0.4) is 0 Å². The zero-order valence-electron chi connectivity index (χ0n) is 11.7. The molecule has 0 saturated heterocycles. The molecule has 1 N–H and O–H groups in total. The van der Waals surface area contributed by atoms with Crippen molar-refractivity contribution in [1.29, 1.82) is 0 Å². The molecule has 4 heteroatoms. The minimum Gasteiger partial charge on any atom is -0.319 e. The topological polar surface area (TPSA) is 29.9 Å². The summed E-state index contributed by atoms with van der Waals surface area (Å²) in [6.07, 6.45) is 6.02. The van der Waals surface area contributed by atoms with Crippen LogP contribution in [0.25, 0.3) is 0 Å². The Kier molecular flexibility index (Phi) is 4.68. The lowest BCUT2D eigenvalue weighted by Gasteiger charge is -2.19. The standard InChI is InChI=1S/C14H24ClN3/c1-4-12-14(15)13(18(3)17-12)8-10-6-5-7-11(10)9-16-2/h10-11,16H,4-9H2,1-3H3. The summed E-state index contributed by atoms with van der Waals surface area (Å²) in [5, 5.41) is 8.72. The average molecular weight is 270 g/mol. The SMILES string of the molecule is CCc1nn(C)c(CC2CCCC2CNC)c1Cl. The number of rotatable bonds is 5. The summed E-state index contributed by atoms with van der Waals surface area (Å²) < 4.78 is 1.98. The first kappa shape index (κ1) is 13.9. The fraction of sp³-hybridized carbons (Fsp3) is 0.786. The van der Waals surface area contributed by atoms with E-state index in [1.165, 1.54) is 25.0 Å². The molecular formula is C14H24ClN3. The highest BCUT2D eigenvalue weighted by Crippen LogP contribution is 2.35. The molecule has 0 spiro atoms. The van der Waals surface area contributed by atoms with E-state index >= 15 is 0 Å². The Hall–Kier alpha value is -0.540. The lowest BCUT2D eigenvalue weighted by atomic mass is 9.91. The van der Waals surface area contributed by atoms with Crippen LogP contribution in [0.5, 0.6) is 0 Å². The third-order valence-corrected chi connectivity index (χ3v) is 4.68. The van der Waals surface area contributed by atoms with Crippen molar-refractivity contribution in [3.63, 3.8) is 0 Å². The van der Waals surface area contributed by atoms with E-state index in [9.17, 15) is 0 Å². The smallest absolute Gasteiger partial charge is 0.0849 e. The maximum absolute atomic E-state index is 6.43. The summed E-state index contributed by atoms with van der Waals surface area (Å²) in [4.78, 5) is 0. The van der Waals surface area contributed by atoms with Gasteiger partial charge in [-0.2, -0.15) is 5.10 Å². The van der Waals surface area contributed by atoms with Gasteiger partial charge in [0.2, 0.25) is 0 Å². The van der Waals surface area contributed by atoms with Crippen LogP contribution in [0.4, 0.5) is 0 Å². The molecule has 1 saturated carbocycles. The van der Waals surface area contributed by atoms with Crippen LogP contribution in [0.1, 0.15) is 37.6 Å². The summed E-state index contributed by atoms with van der Waals surface area (Å²) >= 11 is 6.43. The fourth-order valence-corrected chi connectivity index (χ4v) is 3.57. The van der Waals surface area contributed by atoms with Gasteiger partial charge in [-0.3, -0.25) is 4.68 Å². The summed E-state index contributed by atoms with van der Waals surface area (Å²) in [7, 11) is 4.06. The minimum absolute atomic E-state index is 0.759. The van der Waals surface area contributed by atoms with Crippen molar-refractivity contribution in [2.75, 3.05) is 13.6 Å². The zero-order valence-corrected chi connectivity index (χ0v) is 12.4. The fourth-order valence-electron chi connectivity index (χ4n) is 3.20. The Bertz CT molecular complexity index is 400. The molecule has 1 aliphatic carbocycles. The van der Waals surface area contributed by atoms with Gasteiger partial charge in [0, 0.05) is 7.05 Å². The third kappa shape index (κ3) is 2.72. The second kappa shape index (κ2) is 6.07. The molecule has 1 aromatic heterocycles. The van der Waals surface area contributed by atoms with Crippen LogP contribution in [0.2, 0.25) is 5.02 Å². The van der Waals surface area contributed by atoms with Gasteiger partial charge in [-0.1, -0.05) is 24.9 Å². The predicted octanol–water partition coefficient (Wildman–Crippen LogP) is 2.81. The number of aromatic nitrogens is 2. The van der Waals surface area contributed by atoms with Crippen molar-refractivity contribution in [2.24, 2.45) is 18.9 Å².